The number of rotatable bonds is 5. The lowest BCUT2D eigenvalue weighted by Crippen LogP contribution is -2.38. The Morgan fingerprint density at radius 3 is 2.64 bits per heavy atom. The number of benzene rings is 1. The van der Waals surface area contributed by atoms with Crippen molar-refractivity contribution in [2.75, 3.05) is 13.6 Å². The van der Waals surface area contributed by atoms with Gasteiger partial charge >= 0.3 is 0 Å². The maximum atomic E-state index is 4.71. The van der Waals surface area contributed by atoms with E-state index in [4.69, 9.17) is 4.99 Å². The van der Waals surface area contributed by atoms with Crippen molar-refractivity contribution >= 4 is 21.9 Å². The van der Waals surface area contributed by atoms with E-state index in [1.807, 2.05) is 43.3 Å². The van der Waals surface area contributed by atoms with Gasteiger partial charge in [-0.1, -0.05) is 28.1 Å². The second-order valence-corrected chi connectivity index (χ2v) is 6.09. The fourth-order valence-electron chi connectivity index (χ4n) is 2.13. The van der Waals surface area contributed by atoms with Gasteiger partial charge in [0.1, 0.15) is 0 Å². The van der Waals surface area contributed by atoms with Crippen molar-refractivity contribution in [3.8, 4) is 0 Å². The van der Waals surface area contributed by atoms with E-state index in [1.54, 1.807) is 0 Å². The van der Waals surface area contributed by atoms with Crippen LogP contribution < -0.4 is 5.32 Å². The highest BCUT2D eigenvalue weighted by atomic mass is 79.9. The van der Waals surface area contributed by atoms with Gasteiger partial charge in [-0.2, -0.15) is 5.10 Å². The summed E-state index contributed by atoms with van der Waals surface area (Å²) >= 11 is 3.45. The molecule has 118 valence electrons. The molecule has 0 bridgehead atoms. The Morgan fingerprint density at radius 2 is 2.05 bits per heavy atom. The third kappa shape index (κ3) is 4.87. The monoisotopic (exact) mass is 363 g/mol. The molecular formula is C16H22BrN5. The molecule has 1 N–H and O–H groups in total. The van der Waals surface area contributed by atoms with Gasteiger partial charge in [-0.05, 0) is 24.6 Å². The smallest absolute Gasteiger partial charge is 0.194 e. The molecule has 0 saturated heterocycles. The van der Waals surface area contributed by atoms with E-state index in [2.05, 4.69) is 50.3 Å². The first-order valence-corrected chi connectivity index (χ1v) is 8.09. The van der Waals surface area contributed by atoms with E-state index < -0.39 is 0 Å². The SMILES string of the molecule is CCNC(=NCc1ccc(Br)cc1)N(C)Cc1cnn(C)c1. The van der Waals surface area contributed by atoms with Gasteiger partial charge in [-0.25, -0.2) is 4.99 Å². The van der Waals surface area contributed by atoms with Gasteiger partial charge < -0.3 is 10.2 Å². The average molecular weight is 364 g/mol. The number of nitrogens with one attached hydrogen (secondary N) is 1. The zero-order chi connectivity index (χ0) is 15.9. The number of aliphatic imine (C=N–C) groups is 1. The summed E-state index contributed by atoms with van der Waals surface area (Å²) < 4.78 is 2.90. The van der Waals surface area contributed by atoms with Crippen LogP contribution in [0.4, 0.5) is 0 Å². The molecule has 5 nitrogen and oxygen atoms in total. The second-order valence-electron chi connectivity index (χ2n) is 5.17. The van der Waals surface area contributed by atoms with Crippen LogP contribution in [-0.4, -0.2) is 34.2 Å². The first kappa shape index (κ1) is 16.5. The summed E-state index contributed by atoms with van der Waals surface area (Å²) in [6.45, 7) is 4.36. The van der Waals surface area contributed by atoms with Gasteiger partial charge in [-0.3, -0.25) is 4.68 Å². The Hall–Kier alpha value is -1.82. The molecule has 22 heavy (non-hydrogen) atoms. The van der Waals surface area contributed by atoms with Crippen molar-refractivity contribution in [1.82, 2.24) is 20.0 Å². The molecule has 0 radical (unpaired) electrons. The first-order chi connectivity index (χ1) is 10.6. The van der Waals surface area contributed by atoms with Gasteiger partial charge in [0.2, 0.25) is 0 Å². The zero-order valence-corrected chi connectivity index (χ0v) is 14.8. The van der Waals surface area contributed by atoms with Crippen molar-refractivity contribution in [2.45, 2.75) is 20.0 Å². The van der Waals surface area contributed by atoms with Crippen LogP contribution in [0.15, 0.2) is 46.1 Å². The molecule has 0 spiro atoms. The number of aryl methyl sites for hydroxylation is 1. The summed E-state index contributed by atoms with van der Waals surface area (Å²) in [5, 5.41) is 7.53. The van der Waals surface area contributed by atoms with Crippen molar-refractivity contribution in [3.63, 3.8) is 0 Å². The summed E-state index contributed by atoms with van der Waals surface area (Å²) in [7, 11) is 3.96. The molecule has 6 heteroatoms. The Balaban J connectivity index is 2.03. The molecule has 1 aromatic carbocycles. The van der Waals surface area contributed by atoms with Crippen LogP contribution in [0.2, 0.25) is 0 Å². The lowest BCUT2D eigenvalue weighted by atomic mass is 10.2. The van der Waals surface area contributed by atoms with E-state index in [0.717, 1.165) is 23.5 Å². The number of halogens is 1. The van der Waals surface area contributed by atoms with E-state index in [-0.39, 0.29) is 0 Å². The van der Waals surface area contributed by atoms with Crippen LogP contribution in [0.1, 0.15) is 18.1 Å². The highest BCUT2D eigenvalue weighted by Gasteiger charge is 2.07. The molecule has 0 aliphatic carbocycles. The summed E-state index contributed by atoms with van der Waals surface area (Å²) in [5.41, 5.74) is 2.35. The minimum atomic E-state index is 0.660. The molecule has 0 aliphatic heterocycles. The van der Waals surface area contributed by atoms with Crippen LogP contribution in [-0.2, 0) is 20.1 Å². The molecule has 0 atom stereocenters. The summed E-state index contributed by atoms with van der Waals surface area (Å²) in [6.07, 6.45) is 3.91. The van der Waals surface area contributed by atoms with Gasteiger partial charge in [0.05, 0.1) is 12.7 Å². The number of guanidine groups is 1. The maximum absolute atomic E-state index is 4.71. The highest BCUT2D eigenvalue weighted by molar-refractivity contribution is 9.10. The Bertz CT molecular complexity index is 618. The molecule has 2 aromatic rings. The Labute approximate surface area is 140 Å². The highest BCUT2D eigenvalue weighted by Crippen LogP contribution is 2.11. The Morgan fingerprint density at radius 1 is 1.32 bits per heavy atom. The van der Waals surface area contributed by atoms with E-state index in [1.165, 1.54) is 11.1 Å². The number of nitrogens with zero attached hydrogens (tertiary/aromatic N) is 4. The van der Waals surface area contributed by atoms with E-state index in [0.29, 0.717) is 6.54 Å². The molecule has 0 aliphatic rings. The Kier molecular flexibility index (Phi) is 6.00. The fraction of sp³-hybridized carbons (Fsp3) is 0.375. The normalized spacial score (nSPS) is 11.5. The molecule has 2 rings (SSSR count). The summed E-state index contributed by atoms with van der Waals surface area (Å²) in [4.78, 5) is 6.82. The minimum Gasteiger partial charge on any atom is -0.357 e. The van der Waals surface area contributed by atoms with Crippen LogP contribution in [0.25, 0.3) is 0 Å². The molecule has 0 saturated carbocycles. The average Bonchev–Trinajstić information content (AvgIpc) is 2.90. The largest absolute Gasteiger partial charge is 0.357 e. The van der Waals surface area contributed by atoms with Crippen LogP contribution in [0, 0.1) is 0 Å². The predicted octanol–water partition coefficient (Wildman–Crippen LogP) is 2.78. The molecule has 0 unspecified atom stereocenters. The van der Waals surface area contributed by atoms with Gasteiger partial charge in [-0.15, -0.1) is 0 Å². The number of hydrogen-bond acceptors (Lipinski definition) is 2. The minimum absolute atomic E-state index is 0.660. The van der Waals surface area contributed by atoms with Gasteiger partial charge in [0.25, 0.3) is 0 Å². The van der Waals surface area contributed by atoms with Crippen molar-refractivity contribution in [1.29, 1.82) is 0 Å². The van der Waals surface area contributed by atoms with Gasteiger partial charge in [0, 0.05) is 43.4 Å². The summed E-state index contributed by atoms with van der Waals surface area (Å²) in [6, 6.07) is 8.24. The van der Waals surface area contributed by atoms with Crippen molar-refractivity contribution in [2.24, 2.45) is 12.0 Å². The maximum Gasteiger partial charge on any atom is 0.194 e. The number of hydrogen-bond donors (Lipinski definition) is 1. The number of aromatic nitrogens is 2. The molecule has 1 heterocycles. The van der Waals surface area contributed by atoms with E-state index in [9.17, 15) is 0 Å². The topological polar surface area (TPSA) is 45.5 Å². The molecule has 1 aromatic heterocycles. The second kappa shape index (κ2) is 7.98. The zero-order valence-electron chi connectivity index (χ0n) is 13.3. The summed E-state index contributed by atoms with van der Waals surface area (Å²) in [5.74, 6) is 0.897. The van der Waals surface area contributed by atoms with E-state index >= 15 is 0 Å². The third-order valence-corrected chi connectivity index (χ3v) is 3.73. The molecular weight excluding hydrogens is 342 g/mol. The quantitative estimate of drug-likeness (QED) is 0.656. The third-order valence-electron chi connectivity index (χ3n) is 3.20. The van der Waals surface area contributed by atoms with Crippen molar-refractivity contribution in [3.05, 3.63) is 52.3 Å². The lowest BCUT2D eigenvalue weighted by molar-refractivity contribution is 0.476. The standard InChI is InChI=1S/C16H22BrN5/c1-4-18-16(19-9-13-5-7-15(17)8-6-13)21(2)11-14-10-20-22(3)12-14/h5-8,10,12H,4,9,11H2,1-3H3,(H,18,19). The lowest BCUT2D eigenvalue weighted by Gasteiger charge is -2.21. The molecule has 0 fully saturated rings. The first-order valence-electron chi connectivity index (χ1n) is 7.30. The van der Waals surface area contributed by atoms with Gasteiger partial charge in [0.15, 0.2) is 5.96 Å². The van der Waals surface area contributed by atoms with Crippen molar-refractivity contribution < 1.29 is 0 Å². The fourth-order valence-corrected chi connectivity index (χ4v) is 2.39. The van der Waals surface area contributed by atoms with Crippen LogP contribution >= 0.6 is 15.9 Å². The predicted molar refractivity (Wildman–Crippen MR) is 93.6 cm³/mol. The van der Waals surface area contributed by atoms with Crippen LogP contribution in [0.3, 0.4) is 0 Å². The van der Waals surface area contributed by atoms with Crippen LogP contribution in [0.5, 0.6) is 0 Å². The molecule has 0 amide bonds.